The fraction of sp³-hybridized carbons (Fsp3) is 0.667. The van der Waals surface area contributed by atoms with E-state index in [-0.39, 0.29) is 0 Å². The lowest BCUT2D eigenvalue weighted by Gasteiger charge is -2.12. The molecule has 2 N–H and O–H groups in total. The van der Waals surface area contributed by atoms with Gasteiger partial charge in [0.2, 0.25) is 0 Å². The summed E-state index contributed by atoms with van der Waals surface area (Å²) in [6.45, 7) is 3.60. The highest BCUT2D eigenvalue weighted by atomic mass is 16.2. The Morgan fingerprint density at radius 3 is 1.71 bits per heavy atom. The Morgan fingerprint density at radius 2 is 1.50 bits per heavy atom. The van der Waals surface area contributed by atoms with Crippen molar-refractivity contribution in [2.75, 3.05) is 0 Å². The maximum absolute atomic E-state index is 11.2. The van der Waals surface area contributed by atoms with Crippen LogP contribution in [0, 0.1) is 22.7 Å². The van der Waals surface area contributed by atoms with E-state index in [1.54, 1.807) is 13.8 Å². The molecule has 76 valence electrons. The monoisotopic (exact) mass is 194 g/mol. The van der Waals surface area contributed by atoms with Gasteiger partial charge in [-0.25, -0.2) is 4.79 Å². The van der Waals surface area contributed by atoms with E-state index in [1.807, 2.05) is 12.1 Å². The fourth-order valence-corrected chi connectivity index (χ4v) is 0.809. The van der Waals surface area contributed by atoms with Crippen LogP contribution in [0.25, 0.3) is 0 Å². The van der Waals surface area contributed by atoms with Crippen molar-refractivity contribution in [1.82, 2.24) is 10.6 Å². The number of nitriles is 2. The minimum Gasteiger partial charge on any atom is -0.322 e. The standard InChI is InChI=1S/C9H14N4O/c1-3-7(5-10)12-9(14)13-8(4-2)6-11/h7-8H,3-4H2,1-2H3,(H2,12,13,14)/t7-,8-/m0/s1. The lowest BCUT2D eigenvalue weighted by atomic mass is 10.2. The largest absolute Gasteiger partial charge is 0.322 e. The number of nitrogens with one attached hydrogen (secondary N) is 2. The highest BCUT2D eigenvalue weighted by molar-refractivity contribution is 5.75. The fourth-order valence-electron chi connectivity index (χ4n) is 0.809. The molecule has 0 spiro atoms. The average molecular weight is 194 g/mol. The normalized spacial score (nSPS) is 13.1. The first-order valence-electron chi connectivity index (χ1n) is 4.54. The van der Waals surface area contributed by atoms with Crippen molar-refractivity contribution in [3.63, 3.8) is 0 Å². The molecule has 0 bridgehead atoms. The maximum atomic E-state index is 11.2. The van der Waals surface area contributed by atoms with Gasteiger partial charge < -0.3 is 10.6 Å². The van der Waals surface area contributed by atoms with Crippen molar-refractivity contribution < 1.29 is 4.79 Å². The van der Waals surface area contributed by atoms with E-state index in [9.17, 15) is 4.79 Å². The third-order valence-electron chi connectivity index (χ3n) is 1.74. The SMILES string of the molecule is CC[C@@H](C#N)NC(=O)N[C@H](C#N)CC. The van der Waals surface area contributed by atoms with Crippen LogP contribution in [0.15, 0.2) is 0 Å². The van der Waals surface area contributed by atoms with E-state index in [4.69, 9.17) is 10.5 Å². The summed E-state index contributed by atoms with van der Waals surface area (Å²) >= 11 is 0. The molecule has 0 rings (SSSR count). The zero-order valence-corrected chi connectivity index (χ0v) is 8.37. The first kappa shape index (κ1) is 12.2. The molecule has 5 heteroatoms. The van der Waals surface area contributed by atoms with Gasteiger partial charge in [0.15, 0.2) is 0 Å². The Balaban J connectivity index is 3.99. The summed E-state index contributed by atoms with van der Waals surface area (Å²) in [5, 5.41) is 22.0. The molecular formula is C9H14N4O. The summed E-state index contributed by atoms with van der Waals surface area (Å²) in [4.78, 5) is 11.2. The summed E-state index contributed by atoms with van der Waals surface area (Å²) in [6.07, 6.45) is 1.10. The van der Waals surface area contributed by atoms with E-state index < -0.39 is 18.1 Å². The van der Waals surface area contributed by atoms with E-state index >= 15 is 0 Å². The topological polar surface area (TPSA) is 88.7 Å². The van der Waals surface area contributed by atoms with Gasteiger partial charge in [-0.2, -0.15) is 10.5 Å². The van der Waals surface area contributed by atoms with E-state index in [2.05, 4.69) is 10.6 Å². The van der Waals surface area contributed by atoms with Gasteiger partial charge in [-0.05, 0) is 12.8 Å². The Morgan fingerprint density at radius 1 is 1.14 bits per heavy atom. The zero-order valence-electron chi connectivity index (χ0n) is 8.37. The molecule has 2 atom stereocenters. The quantitative estimate of drug-likeness (QED) is 0.696. The molecule has 0 aliphatic carbocycles. The Labute approximate surface area is 83.7 Å². The average Bonchev–Trinajstić information content (AvgIpc) is 2.22. The van der Waals surface area contributed by atoms with Crippen molar-refractivity contribution in [3.8, 4) is 12.1 Å². The van der Waals surface area contributed by atoms with Gasteiger partial charge in [0.1, 0.15) is 12.1 Å². The van der Waals surface area contributed by atoms with Crippen LogP contribution >= 0.6 is 0 Å². The van der Waals surface area contributed by atoms with Crippen molar-refractivity contribution in [2.24, 2.45) is 0 Å². The second kappa shape index (κ2) is 6.73. The number of amides is 2. The predicted octanol–water partition coefficient (Wildman–Crippen LogP) is 0.890. The highest BCUT2D eigenvalue weighted by Crippen LogP contribution is 1.90. The van der Waals surface area contributed by atoms with Gasteiger partial charge >= 0.3 is 6.03 Å². The summed E-state index contributed by atoms with van der Waals surface area (Å²) in [5.74, 6) is 0. The molecule has 0 aliphatic heterocycles. The highest BCUT2D eigenvalue weighted by Gasteiger charge is 2.12. The van der Waals surface area contributed by atoms with Crippen molar-refractivity contribution >= 4 is 6.03 Å². The van der Waals surface area contributed by atoms with Crippen LogP contribution in [0.2, 0.25) is 0 Å². The summed E-state index contributed by atoms with van der Waals surface area (Å²) in [5.41, 5.74) is 0. The zero-order chi connectivity index (χ0) is 11.0. The third kappa shape index (κ3) is 4.32. The Hall–Kier alpha value is -1.75. The maximum Gasteiger partial charge on any atom is 0.316 e. The molecule has 0 heterocycles. The number of hydrogen-bond donors (Lipinski definition) is 2. The predicted molar refractivity (Wildman–Crippen MR) is 51.1 cm³/mol. The summed E-state index contributed by atoms with van der Waals surface area (Å²) in [7, 11) is 0. The van der Waals surface area contributed by atoms with Gasteiger partial charge in [0.05, 0.1) is 12.1 Å². The van der Waals surface area contributed by atoms with Crippen LogP contribution in [0.5, 0.6) is 0 Å². The van der Waals surface area contributed by atoms with Crippen molar-refractivity contribution in [3.05, 3.63) is 0 Å². The van der Waals surface area contributed by atoms with Gasteiger partial charge in [-0.15, -0.1) is 0 Å². The van der Waals surface area contributed by atoms with Crippen LogP contribution in [0.3, 0.4) is 0 Å². The third-order valence-corrected chi connectivity index (χ3v) is 1.74. The van der Waals surface area contributed by atoms with E-state index in [0.717, 1.165) is 0 Å². The minimum absolute atomic E-state index is 0.466. The molecule has 0 saturated carbocycles. The lowest BCUT2D eigenvalue weighted by molar-refractivity contribution is 0.237. The second-order valence-corrected chi connectivity index (χ2v) is 2.80. The van der Waals surface area contributed by atoms with Gasteiger partial charge in [-0.1, -0.05) is 13.8 Å². The summed E-state index contributed by atoms with van der Waals surface area (Å²) < 4.78 is 0. The first-order valence-corrected chi connectivity index (χ1v) is 4.54. The van der Waals surface area contributed by atoms with Crippen LogP contribution in [0.4, 0.5) is 4.79 Å². The van der Waals surface area contributed by atoms with Crippen LogP contribution in [0.1, 0.15) is 26.7 Å². The molecule has 0 saturated heterocycles. The number of rotatable bonds is 4. The Bertz CT molecular complexity index is 237. The van der Waals surface area contributed by atoms with Crippen molar-refractivity contribution in [2.45, 2.75) is 38.8 Å². The van der Waals surface area contributed by atoms with Crippen LogP contribution in [-0.2, 0) is 0 Å². The van der Waals surface area contributed by atoms with Crippen molar-refractivity contribution in [1.29, 1.82) is 10.5 Å². The molecule has 0 aliphatic rings. The smallest absolute Gasteiger partial charge is 0.316 e. The number of carbonyl (C=O) groups is 1. The molecule has 0 aromatic carbocycles. The van der Waals surface area contributed by atoms with Gasteiger partial charge in [-0.3, -0.25) is 0 Å². The Kier molecular flexibility index (Phi) is 5.89. The second-order valence-electron chi connectivity index (χ2n) is 2.80. The molecule has 0 radical (unpaired) electrons. The van der Waals surface area contributed by atoms with Crippen LogP contribution < -0.4 is 10.6 Å². The van der Waals surface area contributed by atoms with Gasteiger partial charge in [0.25, 0.3) is 0 Å². The molecule has 0 aromatic heterocycles. The molecule has 5 nitrogen and oxygen atoms in total. The minimum atomic E-state index is -0.494. The van der Waals surface area contributed by atoms with E-state index in [0.29, 0.717) is 12.8 Å². The first-order chi connectivity index (χ1) is 6.67. The molecule has 2 amide bonds. The van der Waals surface area contributed by atoms with Crippen LogP contribution in [-0.4, -0.2) is 18.1 Å². The molecule has 0 unspecified atom stereocenters. The number of hydrogen-bond acceptors (Lipinski definition) is 3. The number of urea groups is 1. The lowest BCUT2D eigenvalue weighted by Crippen LogP contribution is -2.45. The van der Waals surface area contributed by atoms with Gasteiger partial charge in [0, 0.05) is 0 Å². The summed E-state index contributed by atoms with van der Waals surface area (Å²) in [6, 6.07) is 2.42. The number of carbonyl (C=O) groups excluding carboxylic acids is 1. The molecular weight excluding hydrogens is 180 g/mol. The van der Waals surface area contributed by atoms with E-state index in [1.165, 1.54) is 0 Å². The number of nitrogens with zero attached hydrogens (tertiary/aromatic N) is 2. The molecule has 14 heavy (non-hydrogen) atoms. The molecule has 0 aromatic rings. The molecule has 0 fully saturated rings.